The number of hydrogen-bond donors (Lipinski definition) is 1. The van der Waals surface area contributed by atoms with E-state index in [0.29, 0.717) is 18.7 Å². The molecule has 1 rings (SSSR count). The van der Waals surface area contributed by atoms with Crippen LogP contribution in [-0.4, -0.2) is 40.2 Å². The van der Waals surface area contributed by atoms with Gasteiger partial charge in [0, 0.05) is 17.6 Å². The molecule has 0 saturated carbocycles. The Balaban J connectivity index is 2.69. The lowest BCUT2D eigenvalue weighted by atomic mass is 9.89. The number of rotatable bonds is 8. The van der Waals surface area contributed by atoms with Crippen LogP contribution in [0, 0.1) is 0 Å². The summed E-state index contributed by atoms with van der Waals surface area (Å²) in [6.07, 6.45) is 2.06. The molecule has 23 heavy (non-hydrogen) atoms. The molecule has 0 bridgehead atoms. The summed E-state index contributed by atoms with van der Waals surface area (Å²) in [6.45, 7) is 14.3. The summed E-state index contributed by atoms with van der Waals surface area (Å²) >= 11 is 0. The predicted molar refractivity (Wildman–Crippen MR) is 93.8 cm³/mol. The van der Waals surface area contributed by atoms with E-state index in [9.17, 15) is 9.90 Å². The van der Waals surface area contributed by atoms with Crippen molar-refractivity contribution in [2.75, 3.05) is 13.2 Å². The number of ether oxygens (including phenoxy) is 1. The van der Waals surface area contributed by atoms with E-state index in [2.05, 4.69) is 46.4 Å². The van der Waals surface area contributed by atoms with Crippen molar-refractivity contribution in [3.63, 3.8) is 0 Å². The Kier molecular flexibility index (Phi) is 6.63. The summed E-state index contributed by atoms with van der Waals surface area (Å²) in [5, 5.41) is 9.26. The van der Waals surface area contributed by atoms with E-state index >= 15 is 0 Å². The summed E-state index contributed by atoms with van der Waals surface area (Å²) in [6, 6.07) is 6.12. The Morgan fingerprint density at radius 1 is 1.04 bits per heavy atom. The minimum atomic E-state index is -0.353. The Bertz CT molecular complexity index is 490. The second-order valence-corrected chi connectivity index (χ2v) is 7.17. The van der Waals surface area contributed by atoms with Crippen LogP contribution in [0.3, 0.4) is 0 Å². The van der Waals surface area contributed by atoms with Crippen LogP contribution < -0.4 is 0 Å². The van der Waals surface area contributed by atoms with Crippen molar-refractivity contribution in [1.82, 2.24) is 4.90 Å². The summed E-state index contributed by atoms with van der Waals surface area (Å²) < 4.78 is 5.42. The smallest absolute Gasteiger partial charge is 0.338 e. The summed E-state index contributed by atoms with van der Waals surface area (Å²) in [5.41, 5.74) is 0.549. The highest BCUT2D eigenvalue weighted by molar-refractivity contribution is 5.89. The van der Waals surface area contributed by atoms with Gasteiger partial charge in [0.2, 0.25) is 0 Å². The van der Waals surface area contributed by atoms with Gasteiger partial charge in [-0.1, -0.05) is 13.8 Å². The van der Waals surface area contributed by atoms with Gasteiger partial charge in [0.05, 0.1) is 5.56 Å². The summed E-state index contributed by atoms with van der Waals surface area (Å²) in [7, 11) is 0. The number of phenolic OH excluding ortho intramolecular Hbond substituents is 1. The van der Waals surface area contributed by atoms with Crippen molar-refractivity contribution in [2.24, 2.45) is 0 Å². The van der Waals surface area contributed by atoms with Crippen molar-refractivity contribution in [2.45, 2.75) is 65.5 Å². The van der Waals surface area contributed by atoms with Gasteiger partial charge in [-0.2, -0.15) is 0 Å². The summed E-state index contributed by atoms with van der Waals surface area (Å²) in [5.74, 6) is -0.212. The van der Waals surface area contributed by atoms with E-state index < -0.39 is 0 Å². The van der Waals surface area contributed by atoms with Crippen LogP contribution in [0.5, 0.6) is 5.75 Å². The van der Waals surface area contributed by atoms with E-state index in [1.807, 2.05) is 0 Å². The average Bonchev–Trinajstić information content (AvgIpc) is 2.51. The average molecular weight is 321 g/mol. The normalized spacial score (nSPS) is 12.5. The molecule has 0 aliphatic rings. The van der Waals surface area contributed by atoms with Gasteiger partial charge in [-0.3, -0.25) is 4.90 Å². The third-order valence-electron chi connectivity index (χ3n) is 4.84. The molecule has 1 N–H and O–H groups in total. The maximum absolute atomic E-state index is 12.1. The van der Waals surface area contributed by atoms with E-state index in [4.69, 9.17) is 4.74 Å². The standard InChI is InChI=1S/C19H31NO3/c1-7-18(3,4)20(19(5,6)8-2)13-14-23-17(22)15-9-11-16(21)12-10-15/h9-12,21H,7-8,13-14H2,1-6H3. The van der Waals surface area contributed by atoms with E-state index in [0.717, 1.165) is 12.8 Å². The number of carbonyl (C=O) groups is 1. The lowest BCUT2D eigenvalue weighted by Gasteiger charge is -2.48. The SMILES string of the molecule is CCC(C)(C)N(CCOC(=O)c1ccc(O)cc1)C(C)(C)CC. The fraction of sp³-hybridized carbons (Fsp3) is 0.632. The Morgan fingerprint density at radius 2 is 1.52 bits per heavy atom. The number of phenols is 1. The third kappa shape index (κ3) is 5.24. The zero-order valence-electron chi connectivity index (χ0n) is 15.3. The van der Waals surface area contributed by atoms with Crippen LogP contribution >= 0.6 is 0 Å². The first kappa shape index (κ1) is 19.5. The second kappa shape index (κ2) is 7.82. The molecule has 1 aromatic rings. The molecule has 4 heteroatoms. The van der Waals surface area contributed by atoms with Crippen molar-refractivity contribution >= 4 is 5.97 Å². The predicted octanol–water partition coefficient (Wildman–Crippen LogP) is 4.23. The number of esters is 1. The molecular formula is C19H31NO3. The van der Waals surface area contributed by atoms with E-state index in [-0.39, 0.29) is 22.8 Å². The molecule has 0 amide bonds. The molecule has 0 fully saturated rings. The number of aromatic hydroxyl groups is 1. The molecule has 1 aromatic carbocycles. The van der Waals surface area contributed by atoms with Gasteiger partial charge in [-0.05, 0) is 64.8 Å². The maximum Gasteiger partial charge on any atom is 0.338 e. The number of nitrogens with zero attached hydrogens (tertiary/aromatic N) is 1. The van der Waals surface area contributed by atoms with Gasteiger partial charge in [-0.25, -0.2) is 4.79 Å². The van der Waals surface area contributed by atoms with Gasteiger partial charge in [0.15, 0.2) is 0 Å². The summed E-state index contributed by atoms with van der Waals surface area (Å²) in [4.78, 5) is 14.5. The van der Waals surface area contributed by atoms with Crippen LogP contribution in [0.15, 0.2) is 24.3 Å². The maximum atomic E-state index is 12.1. The quantitative estimate of drug-likeness (QED) is 0.728. The Labute approximate surface area is 140 Å². The molecule has 0 aliphatic carbocycles. The first-order valence-electron chi connectivity index (χ1n) is 8.38. The highest BCUT2D eigenvalue weighted by Gasteiger charge is 2.35. The topological polar surface area (TPSA) is 49.8 Å². The highest BCUT2D eigenvalue weighted by Crippen LogP contribution is 2.29. The highest BCUT2D eigenvalue weighted by atomic mass is 16.5. The van der Waals surface area contributed by atoms with Gasteiger partial charge < -0.3 is 9.84 Å². The number of hydrogen-bond acceptors (Lipinski definition) is 4. The molecule has 0 radical (unpaired) electrons. The van der Waals surface area contributed by atoms with Crippen molar-refractivity contribution in [3.05, 3.63) is 29.8 Å². The molecule has 130 valence electrons. The minimum Gasteiger partial charge on any atom is -0.508 e. The Morgan fingerprint density at radius 3 is 1.96 bits per heavy atom. The molecule has 0 spiro atoms. The zero-order chi connectivity index (χ0) is 17.7. The van der Waals surface area contributed by atoms with Crippen molar-refractivity contribution < 1.29 is 14.6 Å². The molecular weight excluding hydrogens is 290 g/mol. The molecule has 0 unspecified atom stereocenters. The van der Waals surface area contributed by atoms with Crippen LogP contribution in [-0.2, 0) is 4.74 Å². The fourth-order valence-corrected chi connectivity index (χ4v) is 2.72. The molecule has 0 heterocycles. The first-order chi connectivity index (χ1) is 10.6. The molecule has 0 aromatic heterocycles. The number of carbonyl (C=O) groups excluding carboxylic acids is 1. The molecule has 0 aliphatic heterocycles. The molecule has 0 atom stereocenters. The van der Waals surface area contributed by atoms with Crippen LogP contribution in [0.2, 0.25) is 0 Å². The first-order valence-corrected chi connectivity index (χ1v) is 8.38. The minimum absolute atomic E-state index is 0.0461. The lowest BCUT2D eigenvalue weighted by molar-refractivity contribution is -0.0106. The van der Waals surface area contributed by atoms with Gasteiger partial charge in [-0.15, -0.1) is 0 Å². The van der Waals surface area contributed by atoms with E-state index in [1.165, 1.54) is 12.1 Å². The van der Waals surface area contributed by atoms with Crippen molar-refractivity contribution in [3.8, 4) is 5.75 Å². The Hall–Kier alpha value is -1.55. The fourth-order valence-electron chi connectivity index (χ4n) is 2.72. The largest absolute Gasteiger partial charge is 0.508 e. The van der Waals surface area contributed by atoms with E-state index in [1.54, 1.807) is 12.1 Å². The van der Waals surface area contributed by atoms with Crippen molar-refractivity contribution in [1.29, 1.82) is 0 Å². The number of benzene rings is 1. The lowest BCUT2D eigenvalue weighted by Crippen LogP contribution is -2.56. The monoisotopic (exact) mass is 321 g/mol. The van der Waals surface area contributed by atoms with Crippen LogP contribution in [0.25, 0.3) is 0 Å². The van der Waals surface area contributed by atoms with Gasteiger partial charge in [0.1, 0.15) is 12.4 Å². The third-order valence-corrected chi connectivity index (χ3v) is 4.84. The second-order valence-electron chi connectivity index (χ2n) is 7.17. The molecule has 0 saturated heterocycles. The molecule has 4 nitrogen and oxygen atoms in total. The zero-order valence-corrected chi connectivity index (χ0v) is 15.3. The van der Waals surface area contributed by atoms with Gasteiger partial charge >= 0.3 is 5.97 Å². The van der Waals surface area contributed by atoms with Gasteiger partial charge in [0.25, 0.3) is 0 Å². The van der Waals surface area contributed by atoms with Crippen LogP contribution in [0.4, 0.5) is 0 Å². The van der Waals surface area contributed by atoms with Crippen LogP contribution in [0.1, 0.15) is 64.7 Å².